The second-order valence-corrected chi connectivity index (χ2v) is 4.89. The Bertz CT molecular complexity index is 629. The second kappa shape index (κ2) is 3.92. The third kappa shape index (κ3) is 1.63. The molecule has 0 spiro atoms. The van der Waals surface area contributed by atoms with Gasteiger partial charge in [0.05, 0.1) is 0 Å². The SMILES string of the molecule is CB(C)c1c2ccccc2cc2ccccc12. The number of fused-ring (bicyclic) bond motifs is 2. The van der Waals surface area contributed by atoms with E-state index in [1.807, 2.05) is 0 Å². The van der Waals surface area contributed by atoms with E-state index in [1.54, 1.807) is 0 Å². The van der Waals surface area contributed by atoms with Crippen molar-refractivity contribution >= 4 is 33.7 Å². The van der Waals surface area contributed by atoms with Gasteiger partial charge in [0.1, 0.15) is 0 Å². The number of rotatable bonds is 1. The summed E-state index contributed by atoms with van der Waals surface area (Å²) in [7, 11) is 0. The number of hydrogen-bond donors (Lipinski definition) is 0. The van der Waals surface area contributed by atoms with Crippen molar-refractivity contribution in [2.24, 2.45) is 0 Å². The molecule has 17 heavy (non-hydrogen) atoms. The molecule has 0 bridgehead atoms. The number of benzene rings is 3. The lowest BCUT2D eigenvalue weighted by atomic mass is 9.47. The zero-order valence-corrected chi connectivity index (χ0v) is 10.3. The van der Waals surface area contributed by atoms with Gasteiger partial charge in [-0.1, -0.05) is 67.6 Å². The highest BCUT2D eigenvalue weighted by Crippen LogP contribution is 2.21. The molecule has 3 aromatic carbocycles. The Morgan fingerprint density at radius 3 is 1.65 bits per heavy atom. The maximum absolute atomic E-state index is 2.29. The highest BCUT2D eigenvalue weighted by molar-refractivity contribution is 6.75. The van der Waals surface area contributed by atoms with Crippen LogP contribution in [0.3, 0.4) is 0 Å². The van der Waals surface area contributed by atoms with Crippen LogP contribution >= 0.6 is 0 Å². The van der Waals surface area contributed by atoms with Gasteiger partial charge in [-0.15, -0.1) is 0 Å². The zero-order chi connectivity index (χ0) is 11.8. The molecule has 82 valence electrons. The van der Waals surface area contributed by atoms with Gasteiger partial charge in [-0.05, 0) is 27.6 Å². The number of hydrogen-bond acceptors (Lipinski definition) is 0. The summed E-state index contributed by atoms with van der Waals surface area (Å²) in [5, 5.41) is 5.47. The van der Waals surface area contributed by atoms with Gasteiger partial charge in [0, 0.05) is 0 Å². The molecule has 0 radical (unpaired) electrons. The molecule has 0 nitrogen and oxygen atoms in total. The first-order chi connectivity index (χ1) is 8.27. The van der Waals surface area contributed by atoms with Crippen molar-refractivity contribution in [1.29, 1.82) is 0 Å². The van der Waals surface area contributed by atoms with Crippen LogP contribution in [0.15, 0.2) is 54.6 Å². The highest BCUT2D eigenvalue weighted by Gasteiger charge is 2.11. The molecule has 0 atom stereocenters. The van der Waals surface area contributed by atoms with Crippen LogP contribution in [-0.4, -0.2) is 6.71 Å². The molecule has 0 unspecified atom stereocenters. The van der Waals surface area contributed by atoms with Crippen LogP contribution in [0, 0.1) is 0 Å². The van der Waals surface area contributed by atoms with E-state index in [4.69, 9.17) is 0 Å². The minimum Gasteiger partial charge on any atom is -0.0819 e. The van der Waals surface area contributed by atoms with Crippen molar-refractivity contribution in [1.82, 2.24) is 0 Å². The standard InChI is InChI=1S/C16H15B/c1-17(2)16-14-9-5-3-7-12(14)11-13-8-4-6-10-15(13)16/h3-11H,1-2H3. The molecular formula is C16H15B. The largest absolute Gasteiger partial charge is 0.171 e. The molecule has 0 aliphatic rings. The smallest absolute Gasteiger partial charge is 0.0819 e. The predicted molar refractivity (Wildman–Crippen MR) is 78.6 cm³/mol. The van der Waals surface area contributed by atoms with Crippen LogP contribution < -0.4 is 5.46 Å². The van der Waals surface area contributed by atoms with Crippen molar-refractivity contribution in [3.05, 3.63) is 54.6 Å². The second-order valence-electron chi connectivity index (χ2n) is 4.89. The quantitative estimate of drug-likeness (QED) is 0.428. The fourth-order valence-corrected chi connectivity index (χ4v) is 2.67. The molecule has 0 aromatic heterocycles. The van der Waals surface area contributed by atoms with Gasteiger partial charge in [0.25, 0.3) is 0 Å². The minimum atomic E-state index is 0.547. The fraction of sp³-hybridized carbons (Fsp3) is 0.125. The van der Waals surface area contributed by atoms with Crippen molar-refractivity contribution in [3.8, 4) is 0 Å². The van der Waals surface area contributed by atoms with Crippen molar-refractivity contribution in [2.45, 2.75) is 13.6 Å². The van der Waals surface area contributed by atoms with Crippen molar-refractivity contribution in [3.63, 3.8) is 0 Å². The van der Waals surface area contributed by atoms with Crippen LogP contribution in [0.4, 0.5) is 0 Å². The van der Waals surface area contributed by atoms with Crippen LogP contribution in [0.5, 0.6) is 0 Å². The van der Waals surface area contributed by atoms with Crippen molar-refractivity contribution < 1.29 is 0 Å². The summed E-state index contributed by atoms with van der Waals surface area (Å²) in [5.41, 5.74) is 1.47. The molecule has 0 aliphatic carbocycles. The van der Waals surface area contributed by atoms with Gasteiger partial charge >= 0.3 is 0 Å². The molecule has 0 saturated heterocycles. The Hall–Kier alpha value is -1.76. The molecule has 0 saturated carbocycles. The average molecular weight is 218 g/mol. The van der Waals surface area contributed by atoms with Gasteiger partial charge in [-0.2, -0.15) is 0 Å². The summed E-state index contributed by atoms with van der Waals surface area (Å²) in [5.74, 6) is 0. The average Bonchev–Trinajstić information content (AvgIpc) is 2.35. The normalized spacial score (nSPS) is 10.9. The summed E-state index contributed by atoms with van der Waals surface area (Å²) >= 11 is 0. The molecule has 3 rings (SSSR count). The first-order valence-electron chi connectivity index (χ1n) is 6.18. The third-order valence-corrected chi connectivity index (χ3v) is 3.39. The van der Waals surface area contributed by atoms with E-state index in [0.717, 1.165) is 0 Å². The van der Waals surface area contributed by atoms with Gasteiger partial charge < -0.3 is 0 Å². The van der Waals surface area contributed by atoms with Gasteiger partial charge in [0.15, 0.2) is 6.71 Å². The van der Waals surface area contributed by atoms with E-state index < -0.39 is 0 Å². The van der Waals surface area contributed by atoms with E-state index in [0.29, 0.717) is 6.71 Å². The van der Waals surface area contributed by atoms with Crippen LogP contribution in [0.2, 0.25) is 13.6 Å². The molecule has 0 N–H and O–H groups in total. The summed E-state index contributed by atoms with van der Waals surface area (Å²) < 4.78 is 0. The summed E-state index contributed by atoms with van der Waals surface area (Å²) in [6.07, 6.45) is 0. The summed E-state index contributed by atoms with van der Waals surface area (Å²) in [6, 6.07) is 19.6. The van der Waals surface area contributed by atoms with Gasteiger partial charge in [0.2, 0.25) is 0 Å². The maximum Gasteiger partial charge on any atom is 0.171 e. The highest BCUT2D eigenvalue weighted by atomic mass is 14.0. The lowest BCUT2D eigenvalue weighted by Gasteiger charge is -2.12. The minimum absolute atomic E-state index is 0.547. The lowest BCUT2D eigenvalue weighted by molar-refractivity contribution is 1.77. The van der Waals surface area contributed by atoms with Crippen LogP contribution in [0.25, 0.3) is 21.5 Å². The van der Waals surface area contributed by atoms with E-state index in [9.17, 15) is 0 Å². The Kier molecular flexibility index (Phi) is 2.40. The zero-order valence-electron chi connectivity index (χ0n) is 10.3. The predicted octanol–water partition coefficient (Wildman–Crippen LogP) is 3.95. The van der Waals surface area contributed by atoms with E-state index in [-0.39, 0.29) is 0 Å². The molecule has 0 aliphatic heterocycles. The van der Waals surface area contributed by atoms with E-state index >= 15 is 0 Å². The van der Waals surface area contributed by atoms with Crippen LogP contribution in [-0.2, 0) is 0 Å². The Morgan fingerprint density at radius 1 is 0.706 bits per heavy atom. The molecule has 0 fully saturated rings. The first-order valence-corrected chi connectivity index (χ1v) is 6.18. The van der Waals surface area contributed by atoms with Gasteiger partial charge in [-0.25, -0.2) is 0 Å². The monoisotopic (exact) mass is 218 g/mol. The topological polar surface area (TPSA) is 0 Å². The maximum atomic E-state index is 2.29. The Morgan fingerprint density at radius 2 is 1.18 bits per heavy atom. The molecule has 0 amide bonds. The summed E-state index contributed by atoms with van der Waals surface area (Å²) in [4.78, 5) is 0. The molecule has 1 heteroatoms. The molecular weight excluding hydrogens is 203 g/mol. The van der Waals surface area contributed by atoms with E-state index in [2.05, 4.69) is 68.2 Å². The van der Waals surface area contributed by atoms with Crippen molar-refractivity contribution in [2.75, 3.05) is 0 Å². The Labute approximate surface area is 102 Å². The van der Waals surface area contributed by atoms with Crippen LogP contribution in [0.1, 0.15) is 0 Å². The van der Waals surface area contributed by atoms with E-state index in [1.165, 1.54) is 27.0 Å². The first kappa shape index (κ1) is 10.4. The fourth-order valence-electron chi connectivity index (χ4n) is 2.67. The Balaban J connectivity index is 2.56. The molecule has 3 aromatic rings. The molecule has 0 heterocycles. The van der Waals surface area contributed by atoms with Gasteiger partial charge in [-0.3, -0.25) is 0 Å². The lowest BCUT2D eigenvalue weighted by Crippen LogP contribution is -2.24. The summed E-state index contributed by atoms with van der Waals surface area (Å²) in [6.45, 7) is 5.09. The third-order valence-electron chi connectivity index (χ3n) is 3.39.